The van der Waals surface area contributed by atoms with Crippen LogP contribution >= 0.6 is 0 Å². The number of benzene rings is 1. The highest BCUT2D eigenvalue weighted by molar-refractivity contribution is 7.85. The van der Waals surface area contributed by atoms with E-state index < -0.39 is 57.1 Å². The number of hydrogen-bond acceptors (Lipinski definition) is 10. The van der Waals surface area contributed by atoms with E-state index in [2.05, 4.69) is 15.0 Å². The van der Waals surface area contributed by atoms with Gasteiger partial charge < -0.3 is 19.5 Å². The van der Waals surface area contributed by atoms with Gasteiger partial charge in [-0.05, 0) is 82.0 Å². The summed E-state index contributed by atoms with van der Waals surface area (Å²) in [5.74, 6) is -0.751. The number of hydrogen-bond donors (Lipinski definition) is 2. The number of amides is 3. The van der Waals surface area contributed by atoms with E-state index in [4.69, 9.17) is 18.4 Å². The summed E-state index contributed by atoms with van der Waals surface area (Å²) in [7, 11) is -2.83. The normalized spacial score (nSPS) is 25.1. The zero-order valence-corrected chi connectivity index (χ0v) is 28.1. The third-order valence-corrected chi connectivity index (χ3v) is 9.78. The summed E-state index contributed by atoms with van der Waals surface area (Å²) >= 11 is 0. The molecule has 252 valence electrons. The van der Waals surface area contributed by atoms with Gasteiger partial charge in [0.15, 0.2) is 0 Å². The van der Waals surface area contributed by atoms with Gasteiger partial charge in [0.25, 0.3) is 5.91 Å². The summed E-state index contributed by atoms with van der Waals surface area (Å²) in [5, 5.41) is 4.38. The molecule has 2 aromatic rings. The first-order chi connectivity index (χ1) is 21.6. The average Bonchev–Trinajstić information content (AvgIpc) is 3.85. The molecule has 1 aliphatic heterocycles. The van der Waals surface area contributed by atoms with E-state index in [1.807, 2.05) is 32.0 Å². The van der Waals surface area contributed by atoms with Crippen LogP contribution in [0, 0.1) is 5.92 Å². The maximum absolute atomic E-state index is 13.9. The molecule has 5 rings (SSSR count). The fourth-order valence-corrected chi connectivity index (χ4v) is 7.37. The van der Waals surface area contributed by atoms with Crippen LogP contribution in [0.4, 0.5) is 4.79 Å². The molecular formula is C32H44N4O9S. The van der Waals surface area contributed by atoms with Crippen molar-refractivity contribution in [2.24, 2.45) is 5.92 Å². The van der Waals surface area contributed by atoms with Gasteiger partial charge >= 0.3 is 16.4 Å². The Morgan fingerprint density at radius 1 is 1.13 bits per heavy atom. The van der Waals surface area contributed by atoms with Crippen molar-refractivity contribution in [1.29, 1.82) is 0 Å². The van der Waals surface area contributed by atoms with E-state index >= 15 is 0 Å². The minimum Gasteiger partial charge on any atom is -0.497 e. The number of rotatable bonds is 12. The van der Waals surface area contributed by atoms with Crippen molar-refractivity contribution >= 4 is 39.0 Å². The summed E-state index contributed by atoms with van der Waals surface area (Å²) in [5.41, 5.74) is -3.06. The Kier molecular flexibility index (Phi) is 9.17. The van der Waals surface area contributed by atoms with Gasteiger partial charge in [-0.25, -0.2) is 18.7 Å². The smallest absolute Gasteiger partial charge is 0.411 e. The molecule has 2 saturated carbocycles. The monoisotopic (exact) mass is 660 g/mol. The van der Waals surface area contributed by atoms with Crippen LogP contribution < -0.4 is 19.5 Å². The van der Waals surface area contributed by atoms with Crippen LogP contribution in [0.1, 0.15) is 79.6 Å². The Hall–Kier alpha value is -3.65. The fourth-order valence-electron chi connectivity index (χ4n) is 6.20. The predicted molar refractivity (Wildman–Crippen MR) is 168 cm³/mol. The van der Waals surface area contributed by atoms with Gasteiger partial charge in [-0.15, -0.1) is 0 Å². The van der Waals surface area contributed by atoms with Gasteiger partial charge in [0.1, 0.15) is 29.0 Å². The molecule has 0 radical (unpaired) electrons. The van der Waals surface area contributed by atoms with E-state index in [1.165, 1.54) is 4.90 Å². The topological polar surface area (TPSA) is 162 Å². The third kappa shape index (κ3) is 7.33. The Morgan fingerprint density at radius 2 is 1.87 bits per heavy atom. The molecule has 13 nitrogen and oxygen atoms in total. The number of fused-ring (bicyclic) bond motifs is 1. The van der Waals surface area contributed by atoms with Crippen LogP contribution in [0.3, 0.4) is 0 Å². The molecule has 14 heteroatoms. The van der Waals surface area contributed by atoms with E-state index in [1.54, 1.807) is 40.1 Å². The first-order valence-corrected chi connectivity index (χ1v) is 17.2. The van der Waals surface area contributed by atoms with Crippen molar-refractivity contribution in [1.82, 2.24) is 19.9 Å². The minimum atomic E-state index is -4.41. The summed E-state index contributed by atoms with van der Waals surface area (Å²) in [6.45, 7) is 8.99. The lowest BCUT2D eigenvalue weighted by atomic mass is 10.1. The van der Waals surface area contributed by atoms with Crippen molar-refractivity contribution in [3.8, 4) is 11.6 Å². The van der Waals surface area contributed by atoms with E-state index in [0.29, 0.717) is 37.3 Å². The van der Waals surface area contributed by atoms with E-state index in [0.717, 1.165) is 17.2 Å². The highest BCUT2D eigenvalue weighted by Crippen LogP contribution is 2.48. The Morgan fingerprint density at radius 3 is 2.48 bits per heavy atom. The van der Waals surface area contributed by atoms with Crippen LogP contribution in [0.15, 0.2) is 30.5 Å². The SMILES string of the molecule is CCCC1(OS(=O)(=O)NC(=O)C2(NC(=O)C3CC(Oc4nccc5cc(OC)ccc45)CN3C(=O)OC(C)(C)C)CC2CC)CC1. The van der Waals surface area contributed by atoms with Crippen LogP contribution in [0.5, 0.6) is 11.6 Å². The Bertz CT molecular complexity index is 1600. The number of methoxy groups -OCH3 is 1. The number of pyridine rings is 1. The second-order valence-electron chi connectivity index (χ2n) is 13.5. The van der Waals surface area contributed by atoms with Crippen molar-refractivity contribution < 1.29 is 41.2 Å². The van der Waals surface area contributed by atoms with Gasteiger partial charge in [-0.3, -0.25) is 14.5 Å². The first kappa shape index (κ1) is 33.7. The maximum Gasteiger partial charge on any atom is 0.411 e. The Balaban J connectivity index is 1.34. The molecule has 4 atom stereocenters. The quantitative estimate of drug-likeness (QED) is 0.340. The lowest BCUT2D eigenvalue weighted by Gasteiger charge is -2.29. The minimum absolute atomic E-state index is 0.0271. The molecule has 0 bridgehead atoms. The standard InChI is InChI=1S/C32H44N4O9S/c1-7-12-31(13-14-31)45-46(40,41)35-28(38)32(18-21(32)8-2)34-26(37)25-17-23(19-36(25)29(39)44-30(3,4)5)43-27-24-10-9-22(42-6)16-20(24)11-15-33-27/h9-11,15-16,21,23,25H,7-8,12-14,17-19H2,1-6H3,(H,34,37)(H,35,38). The molecule has 2 aliphatic carbocycles. The molecule has 3 amide bonds. The highest BCUT2D eigenvalue weighted by Gasteiger charge is 2.62. The molecule has 1 saturated heterocycles. The van der Waals surface area contributed by atoms with Crippen molar-refractivity contribution in [2.45, 2.75) is 108 Å². The van der Waals surface area contributed by atoms with Crippen LogP contribution in [0.2, 0.25) is 0 Å². The summed E-state index contributed by atoms with van der Waals surface area (Å²) < 4.78 is 50.3. The largest absolute Gasteiger partial charge is 0.497 e. The van der Waals surface area contributed by atoms with Gasteiger partial charge in [0.05, 0.1) is 19.3 Å². The molecule has 1 aromatic carbocycles. The van der Waals surface area contributed by atoms with Crippen LogP contribution in [-0.2, 0) is 28.8 Å². The maximum atomic E-state index is 13.9. The molecule has 2 N–H and O–H groups in total. The number of aromatic nitrogens is 1. The third-order valence-electron chi connectivity index (χ3n) is 8.77. The van der Waals surface area contributed by atoms with Gasteiger partial charge in [0.2, 0.25) is 11.8 Å². The molecule has 46 heavy (non-hydrogen) atoms. The van der Waals surface area contributed by atoms with E-state index in [9.17, 15) is 22.8 Å². The van der Waals surface area contributed by atoms with Crippen molar-refractivity contribution in [3.05, 3.63) is 30.5 Å². The number of likely N-dealkylation sites (tertiary alicyclic amines) is 1. The van der Waals surface area contributed by atoms with Gasteiger partial charge in [-0.1, -0.05) is 26.7 Å². The fraction of sp³-hybridized carbons (Fsp3) is 0.625. The highest BCUT2D eigenvalue weighted by atomic mass is 32.2. The second kappa shape index (κ2) is 12.5. The molecule has 3 fully saturated rings. The molecule has 4 unspecified atom stereocenters. The molecule has 0 spiro atoms. The van der Waals surface area contributed by atoms with Crippen LogP contribution in [0.25, 0.3) is 10.8 Å². The second-order valence-corrected chi connectivity index (χ2v) is 14.8. The summed E-state index contributed by atoms with van der Waals surface area (Å²) in [6, 6.07) is 6.24. The van der Waals surface area contributed by atoms with E-state index in [-0.39, 0.29) is 25.3 Å². The molecule has 2 heterocycles. The number of carbonyl (C=O) groups is 3. The molecular weight excluding hydrogens is 616 g/mol. The average molecular weight is 661 g/mol. The lowest BCUT2D eigenvalue weighted by Crippen LogP contribution is -2.57. The van der Waals surface area contributed by atoms with Crippen molar-refractivity contribution in [3.63, 3.8) is 0 Å². The van der Waals surface area contributed by atoms with Gasteiger partial charge in [0, 0.05) is 18.0 Å². The van der Waals surface area contributed by atoms with Crippen molar-refractivity contribution in [2.75, 3.05) is 13.7 Å². The predicted octanol–water partition coefficient (Wildman–Crippen LogP) is 4.00. The molecule has 3 aliphatic rings. The summed E-state index contributed by atoms with van der Waals surface area (Å²) in [4.78, 5) is 46.4. The van der Waals surface area contributed by atoms with Gasteiger partial charge in [-0.2, -0.15) is 8.42 Å². The Labute approximate surface area is 269 Å². The lowest BCUT2D eigenvalue weighted by molar-refractivity contribution is -0.132. The number of nitrogens with one attached hydrogen (secondary N) is 2. The number of ether oxygens (including phenoxy) is 3. The zero-order valence-electron chi connectivity index (χ0n) is 27.3. The summed E-state index contributed by atoms with van der Waals surface area (Å²) in [6.07, 6.45) is 3.64. The zero-order chi connectivity index (χ0) is 33.5. The molecule has 1 aromatic heterocycles. The number of carbonyl (C=O) groups excluding carboxylic acids is 3. The number of nitrogens with zero attached hydrogens (tertiary/aromatic N) is 2. The first-order valence-electron chi connectivity index (χ1n) is 15.8. The van der Waals surface area contributed by atoms with Crippen LogP contribution in [-0.4, -0.2) is 78.8 Å².